The van der Waals surface area contributed by atoms with Gasteiger partial charge in [0, 0.05) is 10.0 Å². The molecule has 0 radical (unpaired) electrons. The van der Waals surface area contributed by atoms with Crippen LogP contribution in [0.2, 0.25) is 5.02 Å². The maximum atomic E-state index is 7.35. The second kappa shape index (κ2) is 6.08. The van der Waals surface area contributed by atoms with Crippen LogP contribution in [0.1, 0.15) is 11.1 Å². The maximum Gasteiger partial charge on any atom is 0.124 e. The van der Waals surface area contributed by atoms with Gasteiger partial charge in [-0.15, -0.1) is 0 Å². The third-order valence-corrected chi connectivity index (χ3v) is 3.39. The molecule has 19 heavy (non-hydrogen) atoms. The van der Waals surface area contributed by atoms with Gasteiger partial charge < -0.3 is 10.5 Å². The Morgan fingerprint density at radius 3 is 2.47 bits per heavy atom. The smallest absolute Gasteiger partial charge is 0.124 e. The minimum atomic E-state index is -0.0514. The van der Waals surface area contributed by atoms with Crippen molar-refractivity contribution in [3.05, 3.63) is 63.1 Å². The number of nitrogens with one attached hydrogen (secondary N) is 1. The minimum Gasteiger partial charge on any atom is -0.489 e. The summed E-state index contributed by atoms with van der Waals surface area (Å²) < 4.78 is 6.67. The van der Waals surface area contributed by atoms with Crippen molar-refractivity contribution >= 4 is 33.4 Å². The average molecular weight is 340 g/mol. The molecule has 0 aliphatic carbocycles. The van der Waals surface area contributed by atoms with Crippen molar-refractivity contribution in [2.45, 2.75) is 6.61 Å². The van der Waals surface area contributed by atoms with Gasteiger partial charge in [-0.1, -0.05) is 39.7 Å². The van der Waals surface area contributed by atoms with Crippen LogP contribution >= 0.6 is 27.5 Å². The van der Waals surface area contributed by atoms with Gasteiger partial charge in [-0.2, -0.15) is 0 Å². The number of ether oxygens (including phenoxy) is 1. The fourth-order valence-electron chi connectivity index (χ4n) is 1.55. The second-order valence-electron chi connectivity index (χ2n) is 3.97. The van der Waals surface area contributed by atoms with Crippen molar-refractivity contribution in [3.63, 3.8) is 0 Å². The highest BCUT2D eigenvalue weighted by Crippen LogP contribution is 2.23. The van der Waals surface area contributed by atoms with Gasteiger partial charge >= 0.3 is 0 Å². The molecule has 0 spiro atoms. The molecule has 3 N–H and O–H groups in total. The number of rotatable bonds is 4. The molecule has 0 amide bonds. The van der Waals surface area contributed by atoms with E-state index < -0.39 is 0 Å². The van der Waals surface area contributed by atoms with Crippen molar-refractivity contribution in [3.8, 4) is 5.75 Å². The van der Waals surface area contributed by atoms with Gasteiger partial charge in [0.25, 0.3) is 0 Å². The maximum absolute atomic E-state index is 7.35. The van der Waals surface area contributed by atoms with E-state index in [1.165, 1.54) is 0 Å². The molecule has 0 aliphatic heterocycles. The average Bonchev–Trinajstić information content (AvgIpc) is 2.37. The molecule has 2 rings (SSSR count). The van der Waals surface area contributed by atoms with Gasteiger partial charge in [0.15, 0.2) is 0 Å². The summed E-state index contributed by atoms with van der Waals surface area (Å²) in [5.41, 5.74) is 6.97. The van der Waals surface area contributed by atoms with Crippen LogP contribution in [0.3, 0.4) is 0 Å². The van der Waals surface area contributed by atoms with Crippen molar-refractivity contribution in [1.82, 2.24) is 0 Å². The molecule has 0 saturated carbocycles. The van der Waals surface area contributed by atoms with E-state index >= 15 is 0 Å². The molecule has 98 valence electrons. The molecular weight excluding hydrogens is 328 g/mol. The Morgan fingerprint density at radius 2 is 1.89 bits per heavy atom. The molecule has 0 saturated heterocycles. The SMILES string of the molecule is N=C(N)c1ccc(OCc2ccc(Br)cc2)cc1Cl. The third kappa shape index (κ3) is 3.72. The molecule has 0 fully saturated rings. The molecule has 0 unspecified atom stereocenters. The van der Waals surface area contributed by atoms with Gasteiger partial charge in [0.2, 0.25) is 0 Å². The monoisotopic (exact) mass is 338 g/mol. The van der Waals surface area contributed by atoms with Gasteiger partial charge in [0.05, 0.1) is 5.02 Å². The number of hydrogen-bond donors (Lipinski definition) is 2. The molecule has 3 nitrogen and oxygen atoms in total. The van der Waals surface area contributed by atoms with Crippen LogP contribution in [-0.4, -0.2) is 5.84 Å². The molecule has 5 heteroatoms. The van der Waals surface area contributed by atoms with Gasteiger partial charge in [-0.05, 0) is 35.9 Å². The van der Waals surface area contributed by atoms with E-state index in [0.29, 0.717) is 22.9 Å². The molecule has 2 aromatic carbocycles. The lowest BCUT2D eigenvalue weighted by atomic mass is 10.2. The minimum absolute atomic E-state index is 0.0514. The first-order valence-corrected chi connectivity index (χ1v) is 6.74. The largest absolute Gasteiger partial charge is 0.489 e. The summed E-state index contributed by atoms with van der Waals surface area (Å²) in [6.07, 6.45) is 0. The van der Waals surface area contributed by atoms with Crippen molar-refractivity contribution in [2.75, 3.05) is 0 Å². The second-order valence-corrected chi connectivity index (χ2v) is 5.29. The predicted molar refractivity (Wildman–Crippen MR) is 80.9 cm³/mol. The molecule has 0 aliphatic rings. The summed E-state index contributed by atoms with van der Waals surface area (Å²) in [6, 6.07) is 13.0. The van der Waals surface area contributed by atoms with Crippen molar-refractivity contribution in [2.24, 2.45) is 5.73 Å². The van der Waals surface area contributed by atoms with Crippen LogP contribution in [-0.2, 0) is 6.61 Å². The van der Waals surface area contributed by atoms with Crippen LogP contribution in [0.25, 0.3) is 0 Å². The summed E-state index contributed by atoms with van der Waals surface area (Å²) >= 11 is 9.40. The number of nitrogen functional groups attached to an aromatic ring is 1. The topological polar surface area (TPSA) is 59.1 Å². The number of halogens is 2. The molecule has 0 bridgehead atoms. The number of nitrogens with two attached hydrogens (primary N) is 1. The number of hydrogen-bond acceptors (Lipinski definition) is 2. The van der Waals surface area contributed by atoms with Crippen LogP contribution in [0.5, 0.6) is 5.75 Å². The zero-order valence-electron chi connectivity index (χ0n) is 9.99. The van der Waals surface area contributed by atoms with E-state index in [0.717, 1.165) is 10.0 Å². The first-order valence-electron chi connectivity index (χ1n) is 5.57. The third-order valence-electron chi connectivity index (χ3n) is 2.55. The van der Waals surface area contributed by atoms with E-state index in [4.69, 9.17) is 27.5 Å². The zero-order chi connectivity index (χ0) is 13.8. The predicted octanol–water partition coefficient (Wildman–Crippen LogP) is 3.97. The Morgan fingerprint density at radius 1 is 1.21 bits per heavy atom. The molecule has 2 aromatic rings. The fraction of sp³-hybridized carbons (Fsp3) is 0.0714. The lowest BCUT2D eigenvalue weighted by molar-refractivity contribution is 0.306. The van der Waals surface area contributed by atoms with E-state index in [2.05, 4.69) is 15.9 Å². The van der Waals surface area contributed by atoms with Gasteiger partial charge in [-0.25, -0.2) is 0 Å². The lowest BCUT2D eigenvalue weighted by Crippen LogP contribution is -2.11. The van der Waals surface area contributed by atoms with Gasteiger partial charge in [0.1, 0.15) is 18.2 Å². The van der Waals surface area contributed by atoms with E-state index in [-0.39, 0.29) is 5.84 Å². The van der Waals surface area contributed by atoms with E-state index in [1.807, 2.05) is 24.3 Å². The van der Waals surface area contributed by atoms with Crippen LogP contribution in [0.15, 0.2) is 46.9 Å². The fourth-order valence-corrected chi connectivity index (χ4v) is 2.09. The number of amidine groups is 1. The first kappa shape index (κ1) is 13.9. The Hall–Kier alpha value is -1.52. The summed E-state index contributed by atoms with van der Waals surface area (Å²) in [7, 11) is 0. The van der Waals surface area contributed by atoms with Crippen molar-refractivity contribution in [1.29, 1.82) is 5.41 Å². The molecular formula is C14H12BrClN2O. The van der Waals surface area contributed by atoms with Crippen LogP contribution in [0, 0.1) is 5.41 Å². The quantitative estimate of drug-likeness (QED) is 0.654. The highest BCUT2D eigenvalue weighted by Gasteiger charge is 2.05. The summed E-state index contributed by atoms with van der Waals surface area (Å²) in [5.74, 6) is 0.599. The zero-order valence-corrected chi connectivity index (χ0v) is 12.3. The molecule has 0 atom stereocenters. The Kier molecular flexibility index (Phi) is 4.45. The van der Waals surface area contributed by atoms with Gasteiger partial charge in [-0.3, -0.25) is 5.41 Å². The Labute approximate surface area is 125 Å². The molecule has 0 heterocycles. The van der Waals surface area contributed by atoms with E-state index in [9.17, 15) is 0 Å². The van der Waals surface area contributed by atoms with Crippen LogP contribution in [0.4, 0.5) is 0 Å². The standard InChI is InChI=1S/C14H12BrClN2O/c15-10-3-1-9(2-4-10)8-19-11-5-6-12(14(17)18)13(16)7-11/h1-7H,8H2,(H3,17,18). The highest BCUT2D eigenvalue weighted by atomic mass is 79.9. The highest BCUT2D eigenvalue weighted by molar-refractivity contribution is 9.10. The Bertz CT molecular complexity index is 599. The van der Waals surface area contributed by atoms with Crippen LogP contribution < -0.4 is 10.5 Å². The summed E-state index contributed by atoms with van der Waals surface area (Å²) in [6.45, 7) is 0.461. The van der Waals surface area contributed by atoms with E-state index in [1.54, 1.807) is 18.2 Å². The summed E-state index contributed by atoms with van der Waals surface area (Å²) in [4.78, 5) is 0. The Balaban J connectivity index is 2.06. The molecule has 0 aromatic heterocycles. The first-order chi connectivity index (χ1) is 9.06. The number of benzene rings is 2. The normalized spacial score (nSPS) is 10.2. The van der Waals surface area contributed by atoms with Crippen molar-refractivity contribution < 1.29 is 4.74 Å². The summed E-state index contributed by atoms with van der Waals surface area (Å²) in [5, 5.41) is 7.77. The lowest BCUT2D eigenvalue weighted by Gasteiger charge is -2.08.